The summed E-state index contributed by atoms with van der Waals surface area (Å²) in [7, 11) is 0. The first kappa shape index (κ1) is 12.3. The molecule has 0 aliphatic carbocycles. The van der Waals surface area contributed by atoms with Crippen LogP contribution in [0.5, 0.6) is 0 Å². The highest BCUT2D eigenvalue weighted by molar-refractivity contribution is 14.1. The molecule has 0 amide bonds. The predicted octanol–water partition coefficient (Wildman–Crippen LogP) is 3.68. The number of halogens is 1. The van der Waals surface area contributed by atoms with E-state index < -0.39 is 0 Å². The van der Waals surface area contributed by atoms with Crippen molar-refractivity contribution >= 4 is 45.1 Å². The Morgan fingerprint density at radius 2 is 1.84 bits per heavy atom. The molecule has 1 aromatic carbocycles. The topological polar surface area (TPSA) is 50.7 Å². The molecule has 0 fully saturated rings. The van der Waals surface area contributed by atoms with Crippen LogP contribution in [0.3, 0.4) is 0 Å². The molecule has 3 aromatic rings. The second-order valence-corrected chi connectivity index (χ2v) is 5.42. The monoisotopic (exact) mass is 362 g/mol. The minimum atomic E-state index is 0.594. The molecular weight excluding hydrogens is 351 g/mol. The number of anilines is 2. The Bertz CT molecular complexity index is 725. The Kier molecular flexibility index (Phi) is 3.29. The van der Waals surface area contributed by atoms with Gasteiger partial charge in [-0.2, -0.15) is 0 Å². The summed E-state index contributed by atoms with van der Waals surface area (Å²) in [6.45, 7) is 1.98. The fraction of sp³-hybridized carbons (Fsp3) is 0.0714. The average molecular weight is 362 g/mol. The molecule has 0 unspecified atom stereocenters. The van der Waals surface area contributed by atoms with Gasteiger partial charge in [-0.15, -0.1) is 0 Å². The molecule has 0 bridgehead atoms. The summed E-state index contributed by atoms with van der Waals surface area (Å²) in [5.41, 5.74) is 2.91. The zero-order chi connectivity index (χ0) is 13.2. The quantitative estimate of drug-likeness (QED) is 0.707. The summed E-state index contributed by atoms with van der Waals surface area (Å²) >= 11 is 2.18. The van der Waals surface area contributed by atoms with Crippen LogP contribution >= 0.6 is 22.6 Å². The lowest BCUT2D eigenvalue weighted by atomic mass is 10.1. The van der Waals surface area contributed by atoms with E-state index in [2.05, 4.69) is 42.9 Å². The largest absolute Gasteiger partial charge is 0.323 e. The summed E-state index contributed by atoms with van der Waals surface area (Å²) in [5, 5.41) is 4.31. The number of fused-ring (bicyclic) bond motifs is 1. The van der Waals surface area contributed by atoms with Gasteiger partial charge >= 0.3 is 0 Å². The summed E-state index contributed by atoms with van der Waals surface area (Å²) in [6.07, 6.45) is 3.57. The van der Waals surface area contributed by atoms with Crippen molar-refractivity contribution in [3.8, 4) is 0 Å². The minimum absolute atomic E-state index is 0.594. The normalized spacial score (nSPS) is 10.6. The minimum Gasteiger partial charge on any atom is -0.323 e. The fourth-order valence-corrected chi connectivity index (χ4v) is 2.19. The molecule has 2 aromatic heterocycles. The van der Waals surface area contributed by atoms with Crippen molar-refractivity contribution in [2.24, 2.45) is 0 Å². The van der Waals surface area contributed by atoms with Crippen LogP contribution in [-0.2, 0) is 0 Å². The van der Waals surface area contributed by atoms with Crippen molar-refractivity contribution in [3.63, 3.8) is 0 Å². The van der Waals surface area contributed by atoms with Crippen LogP contribution in [0.15, 0.2) is 42.7 Å². The molecule has 0 spiro atoms. The van der Waals surface area contributed by atoms with E-state index in [9.17, 15) is 0 Å². The number of pyridine rings is 1. The Balaban J connectivity index is 2.07. The molecule has 0 saturated carbocycles. The third-order valence-corrected chi connectivity index (χ3v) is 3.27. The molecule has 2 heterocycles. The first-order chi connectivity index (χ1) is 9.22. The zero-order valence-corrected chi connectivity index (χ0v) is 12.4. The number of para-hydroxylation sites is 1. The second-order valence-electron chi connectivity index (χ2n) is 4.18. The van der Waals surface area contributed by atoms with Crippen LogP contribution < -0.4 is 5.32 Å². The molecule has 0 atom stereocenters. The highest BCUT2D eigenvalue weighted by atomic mass is 127. The van der Waals surface area contributed by atoms with Crippen molar-refractivity contribution in [2.75, 3.05) is 5.32 Å². The van der Waals surface area contributed by atoms with Gasteiger partial charge in [0.05, 0.1) is 11.2 Å². The van der Waals surface area contributed by atoms with Gasteiger partial charge in [0, 0.05) is 27.0 Å². The molecule has 3 rings (SSSR count). The first-order valence-corrected chi connectivity index (χ1v) is 6.91. The molecule has 0 radical (unpaired) electrons. The van der Waals surface area contributed by atoms with Gasteiger partial charge in [-0.1, -0.05) is 18.2 Å². The van der Waals surface area contributed by atoms with Crippen LogP contribution in [0, 0.1) is 10.5 Å². The van der Waals surface area contributed by atoms with Gasteiger partial charge in [-0.3, -0.25) is 4.98 Å². The number of aryl methyl sites for hydroxylation is 1. The highest BCUT2D eigenvalue weighted by Crippen LogP contribution is 2.24. The fourth-order valence-electron chi connectivity index (χ4n) is 1.91. The SMILES string of the molecule is Cc1cc(Nc2ncc(I)cn2)c2ccccc2n1. The summed E-state index contributed by atoms with van der Waals surface area (Å²) in [5.74, 6) is 0.594. The molecule has 1 N–H and O–H groups in total. The maximum absolute atomic E-state index is 4.51. The molecule has 4 nitrogen and oxygen atoms in total. The molecule has 19 heavy (non-hydrogen) atoms. The van der Waals surface area contributed by atoms with E-state index in [0.29, 0.717) is 5.95 Å². The van der Waals surface area contributed by atoms with E-state index >= 15 is 0 Å². The Labute approximate surface area is 124 Å². The van der Waals surface area contributed by atoms with Gasteiger partial charge in [-0.25, -0.2) is 9.97 Å². The number of nitrogens with one attached hydrogen (secondary N) is 1. The number of hydrogen-bond acceptors (Lipinski definition) is 4. The van der Waals surface area contributed by atoms with Gasteiger partial charge < -0.3 is 5.32 Å². The first-order valence-electron chi connectivity index (χ1n) is 5.83. The van der Waals surface area contributed by atoms with Crippen molar-refractivity contribution in [2.45, 2.75) is 6.92 Å². The van der Waals surface area contributed by atoms with Gasteiger partial charge in [0.2, 0.25) is 5.95 Å². The van der Waals surface area contributed by atoms with Gasteiger partial charge in [-0.05, 0) is 41.6 Å². The van der Waals surface area contributed by atoms with Gasteiger partial charge in [0.25, 0.3) is 0 Å². The highest BCUT2D eigenvalue weighted by Gasteiger charge is 2.05. The predicted molar refractivity (Wildman–Crippen MR) is 84.5 cm³/mol. The molecule has 0 aliphatic heterocycles. The molecule has 94 valence electrons. The van der Waals surface area contributed by atoms with E-state index in [0.717, 1.165) is 25.9 Å². The maximum atomic E-state index is 4.51. The Hall–Kier alpha value is -1.76. The lowest BCUT2D eigenvalue weighted by molar-refractivity contribution is 1.15. The third-order valence-electron chi connectivity index (χ3n) is 2.71. The van der Waals surface area contributed by atoms with Crippen LogP contribution in [0.2, 0.25) is 0 Å². The van der Waals surface area contributed by atoms with Crippen molar-refractivity contribution in [3.05, 3.63) is 52.0 Å². The second kappa shape index (κ2) is 5.08. The lowest BCUT2D eigenvalue weighted by Gasteiger charge is -2.09. The van der Waals surface area contributed by atoms with E-state index in [-0.39, 0.29) is 0 Å². The van der Waals surface area contributed by atoms with Crippen molar-refractivity contribution in [1.82, 2.24) is 15.0 Å². The Morgan fingerprint density at radius 3 is 2.63 bits per heavy atom. The van der Waals surface area contributed by atoms with E-state index in [1.54, 1.807) is 12.4 Å². The summed E-state index contributed by atoms with van der Waals surface area (Å²) in [4.78, 5) is 13.0. The van der Waals surface area contributed by atoms with E-state index in [1.165, 1.54) is 0 Å². The van der Waals surface area contributed by atoms with Crippen molar-refractivity contribution in [1.29, 1.82) is 0 Å². The number of rotatable bonds is 2. The Morgan fingerprint density at radius 1 is 1.11 bits per heavy atom. The number of hydrogen-bond donors (Lipinski definition) is 1. The standard InChI is InChI=1S/C14H11IN4/c1-9-6-13(11-4-2-3-5-12(11)18-9)19-14-16-7-10(15)8-17-14/h2-8H,1H3,(H,16,17,18,19). The number of benzene rings is 1. The number of nitrogens with zero attached hydrogens (tertiary/aromatic N) is 3. The van der Waals surface area contributed by atoms with E-state index in [4.69, 9.17) is 0 Å². The van der Waals surface area contributed by atoms with Crippen molar-refractivity contribution < 1.29 is 0 Å². The van der Waals surface area contributed by atoms with Crippen LogP contribution in [0.25, 0.3) is 10.9 Å². The summed E-state index contributed by atoms with van der Waals surface area (Å²) < 4.78 is 1.01. The zero-order valence-electron chi connectivity index (χ0n) is 10.3. The molecule has 0 saturated heterocycles. The third kappa shape index (κ3) is 2.65. The average Bonchev–Trinajstić information content (AvgIpc) is 2.41. The smallest absolute Gasteiger partial charge is 0.227 e. The van der Waals surface area contributed by atoms with Gasteiger partial charge in [0.15, 0.2) is 0 Å². The molecular formula is C14H11IN4. The maximum Gasteiger partial charge on any atom is 0.227 e. The molecule has 0 aliphatic rings. The van der Waals surface area contributed by atoms with Crippen LogP contribution in [-0.4, -0.2) is 15.0 Å². The van der Waals surface area contributed by atoms with Gasteiger partial charge in [0.1, 0.15) is 0 Å². The van der Waals surface area contributed by atoms with E-state index in [1.807, 2.05) is 37.3 Å². The molecule has 5 heteroatoms. The van der Waals surface area contributed by atoms with Crippen LogP contribution in [0.4, 0.5) is 11.6 Å². The van der Waals surface area contributed by atoms with Crippen LogP contribution in [0.1, 0.15) is 5.69 Å². The lowest BCUT2D eigenvalue weighted by Crippen LogP contribution is -1.99. The summed E-state index contributed by atoms with van der Waals surface area (Å²) in [6, 6.07) is 10.0. The number of aromatic nitrogens is 3.